The first kappa shape index (κ1) is 29.4. The summed E-state index contributed by atoms with van der Waals surface area (Å²) in [7, 11) is 0. The molecular weight excluding hydrogens is 476 g/mol. The van der Waals surface area contributed by atoms with Gasteiger partial charge in [-0.05, 0) is 62.0 Å². The SMILES string of the molecule is C=C1[C@@H](O)CC[C@@]2(C)C[C@H](OC(C)=O)C3=C(C)C[C@H](OC(=O)[C@H](C)[C@H](C)O)[C@H]([C@@H](OC(C)=O)[C@H]12)C3(C)C. The summed E-state index contributed by atoms with van der Waals surface area (Å²) in [6.45, 7) is 18.2. The number of fused-ring (bicyclic) bond motifs is 3. The fraction of sp³-hybridized carbons (Fsp3) is 0.759. The zero-order valence-electron chi connectivity index (χ0n) is 23.5. The molecule has 37 heavy (non-hydrogen) atoms. The summed E-state index contributed by atoms with van der Waals surface area (Å²) >= 11 is 0. The van der Waals surface area contributed by atoms with Gasteiger partial charge in [0.1, 0.15) is 18.3 Å². The predicted octanol–water partition coefficient (Wildman–Crippen LogP) is 3.88. The van der Waals surface area contributed by atoms with Crippen molar-refractivity contribution in [2.24, 2.45) is 28.6 Å². The molecule has 0 aromatic heterocycles. The van der Waals surface area contributed by atoms with Crippen molar-refractivity contribution < 1.29 is 38.8 Å². The van der Waals surface area contributed by atoms with Crippen molar-refractivity contribution >= 4 is 17.9 Å². The van der Waals surface area contributed by atoms with Gasteiger partial charge < -0.3 is 24.4 Å². The first-order valence-corrected chi connectivity index (χ1v) is 13.3. The van der Waals surface area contributed by atoms with Crippen LogP contribution in [-0.2, 0) is 28.6 Å². The highest BCUT2D eigenvalue weighted by molar-refractivity contribution is 5.73. The summed E-state index contributed by atoms with van der Waals surface area (Å²) in [6.07, 6.45) is -1.58. The van der Waals surface area contributed by atoms with Crippen molar-refractivity contribution in [3.8, 4) is 0 Å². The van der Waals surface area contributed by atoms with E-state index in [4.69, 9.17) is 14.2 Å². The Bertz CT molecular complexity index is 978. The Hall–Kier alpha value is -2.19. The maximum absolute atomic E-state index is 13.1. The largest absolute Gasteiger partial charge is 0.461 e. The van der Waals surface area contributed by atoms with Crippen molar-refractivity contribution in [3.63, 3.8) is 0 Å². The number of ether oxygens (including phenoxy) is 3. The molecule has 2 fully saturated rings. The number of aliphatic hydroxyl groups is 2. The van der Waals surface area contributed by atoms with Crippen LogP contribution in [0.4, 0.5) is 0 Å². The first-order valence-electron chi connectivity index (χ1n) is 13.3. The molecular formula is C29H44O8. The van der Waals surface area contributed by atoms with E-state index in [0.717, 1.165) is 11.1 Å². The maximum atomic E-state index is 13.1. The highest BCUT2D eigenvalue weighted by Crippen LogP contribution is 2.60. The molecule has 0 heterocycles. The van der Waals surface area contributed by atoms with Crippen LogP contribution in [0.3, 0.4) is 0 Å². The number of hydrogen-bond acceptors (Lipinski definition) is 8. The standard InChI is InChI=1S/C29H44O8/c1-14-12-21(37-27(34)15(2)17(4)30)25-26(36-19(6)32)24-16(3)20(33)10-11-29(24,9)13-22(35-18(5)31)23(14)28(25,7)8/h15,17,20-22,24-26,30,33H,3,10-13H2,1-2,4-9H3/t15-,17+,20+,21+,22+,24+,25-,26+,29+/m1/s1. The van der Waals surface area contributed by atoms with Gasteiger partial charge in [0.15, 0.2) is 0 Å². The second kappa shape index (κ2) is 10.5. The summed E-state index contributed by atoms with van der Waals surface area (Å²) in [5, 5.41) is 20.9. The Kier molecular flexibility index (Phi) is 8.35. The molecule has 8 heteroatoms. The highest BCUT2D eigenvalue weighted by atomic mass is 16.6. The average molecular weight is 521 g/mol. The van der Waals surface area contributed by atoms with Crippen LogP contribution >= 0.6 is 0 Å². The lowest BCUT2D eigenvalue weighted by atomic mass is 9.50. The minimum Gasteiger partial charge on any atom is -0.461 e. The summed E-state index contributed by atoms with van der Waals surface area (Å²) < 4.78 is 18.1. The van der Waals surface area contributed by atoms with Crippen LogP contribution in [-0.4, -0.2) is 58.6 Å². The van der Waals surface area contributed by atoms with E-state index in [1.54, 1.807) is 13.8 Å². The third-order valence-corrected chi connectivity index (χ3v) is 9.09. The third kappa shape index (κ3) is 5.51. The van der Waals surface area contributed by atoms with Crippen LogP contribution in [0.15, 0.2) is 23.3 Å². The van der Waals surface area contributed by atoms with E-state index in [2.05, 4.69) is 13.5 Å². The Morgan fingerprint density at radius 3 is 2.19 bits per heavy atom. The fourth-order valence-electron chi connectivity index (χ4n) is 7.28. The molecule has 2 bridgehead atoms. The van der Waals surface area contributed by atoms with Crippen LogP contribution in [0.25, 0.3) is 0 Å². The fourth-order valence-corrected chi connectivity index (χ4v) is 7.28. The summed E-state index contributed by atoms with van der Waals surface area (Å²) in [5.41, 5.74) is 1.29. The van der Waals surface area contributed by atoms with Gasteiger partial charge in [-0.3, -0.25) is 14.4 Å². The van der Waals surface area contributed by atoms with E-state index in [1.807, 2.05) is 20.8 Å². The second-order valence-electron chi connectivity index (χ2n) is 12.3. The van der Waals surface area contributed by atoms with Gasteiger partial charge in [0.2, 0.25) is 0 Å². The first-order chi connectivity index (χ1) is 17.0. The Morgan fingerprint density at radius 2 is 1.65 bits per heavy atom. The molecule has 2 saturated carbocycles. The smallest absolute Gasteiger partial charge is 0.311 e. The molecule has 3 aliphatic carbocycles. The van der Waals surface area contributed by atoms with E-state index in [1.165, 1.54) is 13.8 Å². The molecule has 0 aromatic rings. The van der Waals surface area contributed by atoms with Gasteiger partial charge in [0.05, 0.1) is 18.1 Å². The zero-order chi connectivity index (χ0) is 28.0. The van der Waals surface area contributed by atoms with Gasteiger partial charge in [0, 0.05) is 32.1 Å². The van der Waals surface area contributed by atoms with Crippen LogP contribution in [0.2, 0.25) is 0 Å². The molecule has 0 radical (unpaired) electrons. The molecule has 9 atom stereocenters. The lowest BCUT2D eigenvalue weighted by Crippen LogP contribution is -2.60. The number of carbonyl (C=O) groups excluding carboxylic acids is 3. The van der Waals surface area contributed by atoms with Gasteiger partial charge in [0.25, 0.3) is 0 Å². The molecule has 0 aliphatic heterocycles. The Labute approximate surface area is 220 Å². The van der Waals surface area contributed by atoms with Crippen LogP contribution in [0.5, 0.6) is 0 Å². The quantitative estimate of drug-likeness (QED) is 0.318. The molecule has 0 spiro atoms. The van der Waals surface area contributed by atoms with Crippen LogP contribution < -0.4 is 0 Å². The van der Waals surface area contributed by atoms with Crippen molar-refractivity contribution in [2.45, 2.75) is 112 Å². The minimum absolute atomic E-state index is 0.371. The van der Waals surface area contributed by atoms with Crippen LogP contribution in [0, 0.1) is 28.6 Å². The van der Waals surface area contributed by atoms with Gasteiger partial charge in [-0.2, -0.15) is 0 Å². The third-order valence-electron chi connectivity index (χ3n) is 9.09. The molecule has 8 nitrogen and oxygen atoms in total. The topological polar surface area (TPSA) is 119 Å². The van der Waals surface area contributed by atoms with Crippen molar-refractivity contribution in [1.29, 1.82) is 0 Å². The average Bonchev–Trinajstić information content (AvgIpc) is 2.73. The second-order valence-corrected chi connectivity index (χ2v) is 12.3. The molecule has 0 unspecified atom stereocenters. The van der Waals surface area contributed by atoms with Crippen molar-refractivity contribution in [2.75, 3.05) is 0 Å². The molecule has 0 amide bonds. The van der Waals surface area contributed by atoms with E-state index < -0.39 is 71.0 Å². The van der Waals surface area contributed by atoms with E-state index in [0.29, 0.717) is 31.3 Å². The van der Waals surface area contributed by atoms with Gasteiger partial charge in [-0.1, -0.05) is 32.9 Å². The lowest BCUT2D eigenvalue weighted by molar-refractivity contribution is -0.187. The van der Waals surface area contributed by atoms with Crippen molar-refractivity contribution in [3.05, 3.63) is 23.3 Å². The number of aliphatic hydroxyl groups excluding tert-OH is 2. The summed E-state index contributed by atoms with van der Waals surface area (Å²) in [5.74, 6) is -3.08. The monoisotopic (exact) mass is 520 g/mol. The van der Waals surface area contributed by atoms with Crippen LogP contribution in [0.1, 0.15) is 81.1 Å². The van der Waals surface area contributed by atoms with E-state index in [-0.39, 0.29) is 5.97 Å². The number of esters is 3. The van der Waals surface area contributed by atoms with E-state index >= 15 is 0 Å². The Balaban J connectivity index is 2.26. The maximum Gasteiger partial charge on any atom is 0.311 e. The van der Waals surface area contributed by atoms with E-state index in [9.17, 15) is 24.6 Å². The molecule has 0 saturated heterocycles. The van der Waals surface area contributed by atoms with Gasteiger partial charge in [-0.25, -0.2) is 0 Å². The molecule has 208 valence electrons. The number of hydrogen-bond donors (Lipinski definition) is 2. The summed E-state index contributed by atoms with van der Waals surface area (Å²) in [4.78, 5) is 37.8. The predicted molar refractivity (Wildman–Crippen MR) is 137 cm³/mol. The van der Waals surface area contributed by atoms with Crippen molar-refractivity contribution in [1.82, 2.24) is 0 Å². The van der Waals surface area contributed by atoms with Gasteiger partial charge in [-0.15, -0.1) is 0 Å². The highest BCUT2D eigenvalue weighted by Gasteiger charge is 2.61. The molecule has 0 aromatic carbocycles. The normalized spacial score (nSPS) is 36.9. The summed E-state index contributed by atoms with van der Waals surface area (Å²) in [6, 6.07) is 0. The lowest BCUT2D eigenvalue weighted by Gasteiger charge is -2.58. The minimum atomic E-state index is -0.886. The number of rotatable bonds is 5. The molecule has 2 N–H and O–H groups in total. The van der Waals surface area contributed by atoms with Gasteiger partial charge >= 0.3 is 17.9 Å². The zero-order valence-corrected chi connectivity index (χ0v) is 23.5. The molecule has 3 aliphatic rings. The number of carbonyl (C=O) groups is 3. The Morgan fingerprint density at radius 1 is 1.05 bits per heavy atom. The molecule has 3 rings (SSSR count).